The zero-order valence-corrected chi connectivity index (χ0v) is 15.4. The van der Waals surface area contributed by atoms with Crippen LogP contribution in [0.4, 0.5) is 0 Å². The van der Waals surface area contributed by atoms with Crippen LogP contribution in [0.5, 0.6) is 0 Å². The molecule has 0 unspecified atom stereocenters. The summed E-state index contributed by atoms with van der Waals surface area (Å²) in [5.41, 5.74) is 0.221. The minimum absolute atomic E-state index is 0.150. The molecule has 2 aliphatic heterocycles. The van der Waals surface area contributed by atoms with Crippen molar-refractivity contribution in [2.75, 3.05) is 26.3 Å². The van der Waals surface area contributed by atoms with Crippen molar-refractivity contribution in [3.05, 3.63) is 41.9 Å². The fourth-order valence-corrected chi connectivity index (χ4v) is 3.40. The molecule has 2 atom stereocenters. The summed E-state index contributed by atoms with van der Waals surface area (Å²) in [4.78, 5) is 35.1. The zero-order chi connectivity index (χ0) is 19.7. The average molecular weight is 387 g/mol. The number of fused-ring (bicyclic) bond motifs is 1. The largest absolute Gasteiger partial charge is 0.491 e. The molecule has 1 fully saturated rings. The molecule has 0 aliphatic carbocycles. The third-order valence-electron chi connectivity index (χ3n) is 4.68. The smallest absolute Gasteiger partial charge is 0.292 e. The van der Waals surface area contributed by atoms with Gasteiger partial charge in [-0.2, -0.15) is 0 Å². The number of nitrogens with zero attached hydrogens (tertiary/aromatic N) is 4. The van der Waals surface area contributed by atoms with E-state index in [-0.39, 0.29) is 36.4 Å². The molecule has 0 aromatic carbocycles. The van der Waals surface area contributed by atoms with Crippen LogP contribution in [-0.2, 0) is 14.3 Å². The summed E-state index contributed by atoms with van der Waals surface area (Å²) >= 11 is 0. The van der Waals surface area contributed by atoms with E-state index in [4.69, 9.17) is 9.47 Å². The van der Waals surface area contributed by atoms with Crippen molar-refractivity contribution in [2.45, 2.75) is 25.5 Å². The van der Waals surface area contributed by atoms with E-state index in [0.717, 1.165) is 0 Å². The highest BCUT2D eigenvalue weighted by Gasteiger charge is 2.34. The molecule has 10 heteroatoms. The fraction of sp³-hybridized carbons (Fsp3) is 0.444. The Bertz CT molecular complexity index is 906. The van der Waals surface area contributed by atoms with Gasteiger partial charge in [-0.05, 0) is 19.4 Å². The molecule has 0 bridgehead atoms. The van der Waals surface area contributed by atoms with Crippen LogP contribution >= 0.6 is 0 Å². The van der Waals surface area contributed by atoms with Crippen molar-refractivity contribution < 1.29 is 24.2 Å². The van der Waals surface area contributed by atoms with E-state index in [1.54, 1.807) is 36.0 Å². The maximum Gasteiger partial charge on any atom is 0.292 e. The van der Waals surface area contributed by atoms with Gasteiger partial charge in [0.05, 0.1) is 6.10 Å². The fourth-order valence-electron chi connectivity index (χ4n) is 3.40. The quantitative estimate of drug-likeness (QED) is 0.742. The molecule has 0 saturated carbocycles. The summed E-state index contributed by atoms with van der Waals surface area (Å²) in [6.07, 6.45) is 4.52. The lowest BCUT2D eigenvalue weighted by Gasteiger charge is -2.36. The normalized spacial score (nSPS) is 22.6. The Balaban J connectivity index is 1.45. The molecule has 2 N–H and O–H groups in total. The van der Waals surface area contributed by atoms with Crippen molar-refractivity contribution >= 4 is 17.6 Å². The number of nitrogens with one attached hydrogen (secondary N) is 1. The van der Waals surface area contributed by atoms with Crippen LogP contribution in [0.1, 0.15) is 23.8 Å². The number of ether oxygens (including phenoxy) is 2. The van der Waals surface area contributed by atoms with Gasteiger partial charge in [-0.3, -0.25) is 14.0 Å². The van der Waals surface area contributed by atoms with Gasteiger partial charge in [-0.1, -0.05) is 0 Å². The lowest BCUT2D eigenvalue weighted by atomic mass is 10.0. The first kappa shape index (κ1) is 18.2. The molecule has 10 nitrogen and oxygen atoms in total. The van der Waals surface area contributed by atoms with Crippen LogP contribution < -0.4 is 5.32 Å². The molecule has 148 valence electrons. The van der Waals surface area contributed by atoms with E-state index in [1.807, 2.05) is 0 Å². The Kier molecular flexibility index (Phi) is 4.86. The first-order valence-corrected chi connectivity index (χ1v) is 9.05. The van der Waals surface area contributed by atoms with Crippen LogP contribution in [0.2, 0.25) is 0 Å². The van der Waals surface area contributed by atoms with Crippen molar-refractivity contribution in [1.29, 1.82) is 0 Å². The van der Waals surface area contributed by atoms with E-state index in [9.17, 15) is 14.7 Å². The number of aromatic nitrogens is 3. The Morgan fingerprint density at radius 2 is 2.11 bits per heavy atom. The number of aliphatic hydroxyl groups excluding tert-OH is 1. The van der Waals surface area contributed by atoms with E-state index in [1.165, 1.54) is 4.90 Å². The van der Waals surface area contributed by atoms with Crippen LogP contribution in [0.15, 0.2) is 36.2 Å². The van der Waals surface area contributed by atoms with Gasteiger partial charge in [0.25, 0.3) is 11.8 Å². The molecular formula is C18H21N5O5. The third-order valence-corrected chi connectivity index (χ3v) is 4.68. The maximum absolute atomic E-state index is 12.7. The van der Waals surface area contributed by atoms with Gasteiger partial charge in [0.2, 0.25) is 11.5 Å². The number of carbonyl (C=O) groups is 2. The second-order valence-electron chi connectivity index (χ2n) is 6.81. The van der Waals surface area contributed by atoms with Crippen LogP contribution in [0.25, 0.3) is 5.78 Å². The zero-order valence-electron chi connectivity index (χ0n) is 15.4. The predicted octanol–water partition coefficient (Wildman–Crippen LogP) is -0.301. The van der Waals surface area contributed by atoms with Crippen molar-refractivity contribution in [3.8, 4) is 0 Å². The number of likely N-dealkylation sites (tertiary alicyclic amines) is 1. The maximum atomic E-state index is 12.7. The van der Waals surface area contributed by atoms with Gasteiger partial charge >= 0.3 is 0 Å². The minimum atomic E-state index is -0.754. The summed E-state index contributed by atoms with van der Waals surface area (Å²) in [7, 11) is 0. The van der Waals surface area contributed by atoms with Crippen LogP contribution in [-0.4, -0.2) is 74.6 Å². The Hall–Kier alpha value is -3.14. The Morgan fingerprint density at radius 3 is 2.89 bits per heavy atom. The van der Waals surface area contributed by atoms with E-state index in [0.29, 0.717) is 31.2 Å². The standard InChI is InChI=1S/C18H21N5O5/c1-11-15(28-6-5-27-11)17(26)23-8-12(7-13(24)9-23)20-16(25)14-10-22-4-2-3-19-18(22)21-14/h2-4,10,12-13,24H,5-9H2,1H3,(H,20,25)/t12-,13+/m0/s1. The van der Waals surface area contributed by atoms with E-state index >= 15 is 0 Å². The minimum Gasteiger partial charge on any atom is -0.491 e. The van der Waals surface area contributed by atoms with E-state index < -0.39 is 12.1 Å². The first-order chi connectivity index (χ1) is 13.5. The molecule has 2 aromatic rings. The van der Waals surface area contributed by atoms with Gasteiger partial charge in [-0.25, -0.2) is 9.97 Å². The number of β-amino-alcohol motifs (C(OH)–C–C–N with tert-alkyl or cyclic N) is 1. The average Bonchev–Trinajstić information content (AvgIpc) is 3.12. The molecule has 0 spiro atoms. The van der Waals surface area contributed by atoms with Gasteiger partial charge in [0, 0.05) is 37.7 Å². The molecule has 2 aliphatic rings. The number of hydrogen-bond donors (Lipinski definition) is 2. The highest BCUT2D eigenvalue weighted by molar-refractivity contribution is 5.93. The monoisotopic (exact) mass is 387 g/mol. The highest BCUT2D eigenvalue weighted by Crippen LogP contribution is 2.19. The van der Waals surface area contributed by atoms with Crippen LogP contribution in [0, 0.1) is 0 Å². The van der Waals surface area contributed by atoms with Gasteiger partial charge < -0.3 is 24.8 Å². The van der Waals surface area contributed by atoms with Gasteiger partial charge in [0.1, 0.15) is 24.7 Å². The number of imidazole rings is 1. The SMILES string of the molecule is CC1=C(C(=O)N2C[C@H](O)C[C@H](NC(=O)c3cn4cccnc4n3)C2)OCCO1. The lowest BCUT2D eigenvalue weighted by Crippen LogP contribution is -2.54. The summed E-state index contributed by atoms with van der Waals surface area (Å²) in [5.74, 6) is 0.257. The molecular weight excluding hydrogens is 366 g/mol. The van der Waals surface area contributed by atoms with Gasteiger partial charge in [-0.15, -0.1) is 0 Å². The number of rotatable bonds is 3. The Labute approximate surface area is 160 Å². The number of aliphatic hydroxyl groups is 1. The summed E-state index contributed by atoms with van der Waals surface area (Å²) in [6.45, 7) is 2.80. The van der Waals surface area contributed by atoms with Crippen molar-refractivity contribution in [3.63, 3.8) is 0 Å². The summed E-state index contributed by atoms with van der Waals surface area (Å²) < 4.78 is 12.4. The second-order valence-corrected chi connectivity index (χ2v) is 6.81. The summed E-state index contributed by atoms with van der Waals surface area (Å²) in [5, 5.41) is 13.0. The third kappa shape index (κ3) is 3.63. The molecule has 4 rings (SSSR count). The molecule has 1 saturated heterocycles. The highest BCUT2D eigenvalue weighted by atomic mass is 16.6. The molecule has 2 aromatic heterocycles. The van der Waals surface area contributed by atoms with Crippen molar-refractivity contribution in [1.82, 2.24) is 24.6 Å². The lowest BCUT2D eigenvalue weighted by molar-refractivity contribution is -0.136. The molecule has 2 amide bonds. The van der Waals surface area contributed by atoms with Gasteiger partial charge in [0.15, 0.2) is 0 Å². The van der Waals surface area contributed by atoms with Crippen LogP contribution in [0.3, 0.4) is 0 Å². The van der Waals surface area contributed by atoms with Crippen molar-refractivity contribution in [2.24, 2.45) is 0 Å². The molecule has 4 heterocycles. The molecule has 0 radical (unpaired) electrons. The predicted molar refractivity (Wildman–Crippen MR) is 96.0 cm³/mol. The summed E-state index contributed by atoms with van der Waals surface area (Å²) in [6, 6.07) is 1.33. The second kappa shape index (κ2) is 7.47. The number of allylic oxidation sites excluding steroid dienone is 1. The topological polar surface area (TPSA) is 118 Å². The first-order valence-electron chi connectivity index (χ1n) is 9.05. The number of hydrogen-bond acceptors (Lipinski definition) is 7. The number of piperidine rings is 1. The Morgan fingerprint density at radius 1 is 1.29 bits per heavy atom. The number of amides is 2. The molecule has 28 heavy (non-hydrogen) atoms. The van der Waals surface area contributed by atoms with E-state index in [2.05, 4.69) is 15.3 Å². The number of carbonyl (C=O) groups excluding carboxylic acids is 2.